The van der Waals surface area contributed by atoms with E-state index >= 15 is 0 Å². The van der Waals surface area contributed by atoms with Gasteiger partial charge < -0.3 is 9.84 Å². The third-order valence-corrected chi connectivity index (χ3v) is 4.21. The van der Waals surface area contributed by atoms with Gasteiger partial charge in [0.2, 0.25) is 5.13 Å². The number of phenolic OH excluding ortho intramolecular Hbond substituents is 1. The number of nitrogens with zero attached hydrogens (tertiary/aromatic N) is 3. The first-order chi connectivity index (χ1) is 12.6. The SMILES string of the molecule is COc1ccc(-c2csc(N/N=C\c3ccc(O)c([N+](=O)[O-])c3)n2)cc1. The second kappa shape index (κ2) is 7.62. The Labute approximate surface area is 152 Å². The van der Waals surface area contributed by atoms with Crippen LogP contribution in [0.5, 0.6) is 11.5 Å². The predicted octanol–water partition coefficient (Wildman–Crippen LogP) is 3.88. The van der Waals surface area contributed by atoms with E-state index in [0.29, 0.717) is 10.7 Å². The number of ether oxygens (including phenoxy) is 1. The second-order valence-electron chi connectivity index (χ2n) is 5.14. The summed E-state index contributed by atoms with van der Waals surface area (Å²) in [6.45, 7) is 0. The molecule has 3 aromatic rings. The predicted molar refractivity (Wildman–Crippen MR) is 100 cm³/mol. The minimum absolute atomic E-state index is 0.370. The Morgan fingerprint density at radius 2 is 2.08 bits per heavy atom. The maximum absolute atomic E-state index is 10.8. The molecule has 2 N–H and O–H groups in total. The van der Waals surface area contributed by atoms with E-state index in [-0.39, 0.29) is 11.4 Å². The number of phenols is 1. The van der Waals surface area contributed by atoms with Gasteiger partial charge in [0.25, 0.3) is 0 Å². The van der Waals surface area contributed by atoms with Crippen LogP contribution in [0, 0.1) is 10.1 Å². The fourth-order valence-corrected chi connectivity index (χ4v) is 2.82. The number of anilines is 1. The zero-order chi connectivity index (χ0) is 18.5. The van der Waals surface area contributed by atoms with Crippen LogP contribution < -0.4 is 10.2 Å². The molecule has 132 valence electrons. The molecule has 0 spiro atoms. The lowest BCUT2D eigenvalue weighted by Gasteiger charge is -2.00. The number of aromatic nitrogens is 1. The van der Waals surface area contributed by atoms with Crippen molar-refractivity contribution in [2.45, 2.75) is 0 Å². The molecule has 0 aliphatic carbocycles. The van der Waals surface area contributed by atoms with Crippen molar-refractivity contribution in [1.82, 2.24) is 4.98 Å². The van der Waals surface area contributed by atoms with Gasteiger partial charge in [0.05, 0.1) is 23.9 Å². The molecule has 26 heavy (non-hydrogen) atoms. The van der Waals surface area contributed by atoms with Gasteiger partial charge in [-0.05, 0) is 36.4 Å². The summed E-state index contributed by atoms with van der Waals surface area (Å²) >= 11 is 1.38. The fourth-order valence-electron chi connectivity index (χ4n) is 2.15. The molecule has 0 aliphatic rings. The molecule has 0 radical (unpaired) electrons. The van der Waals surface area contributed by atoms with Gasteiger partial charge in [-0.2, -0.15) is 5.10 Å². The molecule has 1 aromatic heterocycles. The lowest BCUT2D eigenvalue weighted by molar-refractivity contribution is -0.385. The number of hydrazone groups is 1. The number of methoxy groups -OCH3 is 1. The normalized spacial score (nSPS) is 10.8. The highest BCUT2D eigenvalue weighted by molar-refractivity contribution is 7.14. The van der Waals surface area contributed by atoms with Crippen molar-refractivity contribution in [3.05, 3.63) is 63.5 Å². The maximum Gasteiger partial charge on any atom is 0.311 e. The van der Waals surface area contributed by atoms with Crippen molar-refractivity contribution >= 4 is 28.4 Å². The molecule has 0 bridgehead atoms. The minimum Gasteiger partial charge on any atom is -0.502 e. The van der Waals surface area contributed by atoms with Crippen LogP contribution in [0.3, 0.4) is 0 Å². The summed E-state index contributed by atoms with van der Waals surface area (Å²) in [5, 5.41) is 26.8. The second-order valence-corrected chi connectivity index (χ2v) is 6.00. The third-order valence-electron chi connectivity index (χ3n) is 3.46. The number of benzene rings is 2. The van der Waals surface area contributed by atoms with E-state index in [4.69, 9.17) is 4.74 Å². The lowest BCUT2D eigenvalue weighted by atomic mass is 10.2. The number of nitro groups is 1. The van der Waals surface area contributed by atoms with Crippen molar-refractivity contribution in [1.29, 1.82) is 0 Å². The number of hydrogen-bond donors (Lipinski definition) is 2. The summed E-state index contributed by atoms with van der Waals surface area (Å²) in [6.07, 6.45) is 1.42. The van der Waals surface area contributed by atoms with Crippen LogP contribution in [-0.4, -0.2) is 28.3 Å². The van der Waals surface area contributed by atoms with Crippen LogP contribution in [0.25, 0.3) is 11.3 Å². The minimum atomic E-state index is -0.651. The monoisotopic (exact) mass is 370 g/mol. The first kappa shape index (κ1) is 17.4. The summed E-state index contributed by atoms with van der Waals surface area (Å²) in [5.74, 6) is 0.388. The topological polar surface area (TPSA) is 110 Å². The molecule has 2 aromatic carbocycles. The molecule has 3 rings (SSSR count). The van der Waals surface area contributed by atoms with E-state index in [9.17, 15) is 15.2 Å². The van der Waals surface area contributed by atoms with E-state index < -0.39 is 4.92 Å². The molecule has 0 aliphatic heterocycles. The first-order valence-corrected chi connectivity index (χ1v) is 8.31. The Balaban J connectivity index is 1.68. The molecule has 0 amide bonds. The Bertz CT molecular complexity index is 954. The third kappa shape index (κ3) is 3.95. The number of nitrogens with one attached hydrogen (secondary N) is 1. The molecule has 0 saturated carbocycles. The molecule has 1 heterocycles. The van der Waals surface area contributed by atoms with Gasteiger partial charge in [0.15, 0.2) is 5.75 Å². The van der Waals surface area contributed by atoms with E-state index in [1.165, 1.54) is 35.8 Å². The first-order valence-electron chi connectivity index (χ1n) is 7.43. The van der Waals surface area contributed by atoms with Crippen molar-refractivity contribution in [3.63, 3.8) is 0 Å². The molecule has 0 saturated heterocycles. The van der Waals surface area contributed by atoms with Crippen LogP contribution in [0.4, 0.5) is 10.8 Å². The fraction of sp³-hybridized carbons (Fsp3) is 0.0588. The summed E-state index contributed by atoms with van der Waals surface area (Å²) in [7, 11) is 1.61. The quantitative estimate of drug-likeness (QED) is 0.387. The summed E-state index contributed by atoms with van der Waals surface area (Å²) < 4.78 is 5.13. The highest BCUT2D eigenvalue weighted by Gasteiger charge is 2.12. The van der Waals surface area contributed by atoms with Gasteiger partial charge in [0, 0.05) is 22.6 Å². The van der Waals surface area contributed by atoms with Crippen LogP contribution in [0.1, 0.15) is 5.56 Å². The number of thiazole rings is 1. The van der Waals surface area contributed by atoms with Crippen molar-refractivity contribution in [2.24, 2.45) is 5.10 Å². The smallest absolute Gasteiger partial charge is 0.311 e. The standard InChI is InChI=1S/C17H14N4O4S/c1-25-13-5-3-12(4-6-13)14-10-26-17(19-14)20-18-9-11-2-7-16(22)15(8-11)21(23)24/h2-10,22H,1H3,(H,19,20)/b18-9-. The average molecular weight is 370 g/mol. The van der Waals surface area contributed by atoms with Gasteiger partial charge in [0.1, 0.15) is 5.75 Å². The molecule has 0 fully saturated rings. The van der Waals surface area contributed by atoms with Crippen LogP contribution in [-0.2, 0) is 0 Å². The Morgan fingerprint density at radius 1 is 1.31 bits per heavy atom. The molecular weight excluding hydrogens is 356 g/mol. The maximum atomic E-state index is 10.8. The van der Waals surface area contributed by atoms with E-state index in [0.717, 1.165) is 17.0 Å². The summed E-state index contributed by atoms with van der Waals surface area (Å²) in [5.41, 5.74) is 4.65. The van der Waals surface area contributed by atoms with E-state index in [2.05, 4.69) is 15.5 Å². The molecular formula is C17H14N4O4S. The summed E-state index contributed by atoms with van der Waals surface area (Å²) in [4.78, 5) is 14.6. The molecule has 8 nitrogen and oxygen atoms in total. The zero-order valence-corrected chi connectivity index (χ0v) is 14.4. The van der Waals surface area contributed by atoms with E-state index in [1.807, 2.05) is 29.6 Å². The highest BCUT2D eigenvalue weighted by Crippen LogP contribution is 2.27. The van der Waals surface area contributed by atoms with Crippen molar-refractivity contribution in [3.8, 4) is 22.8 Å². The highest BCUT2D eigenvalue weighted by atomic mass is 32.1. The number of aromatic hydroxyl groups is 1. The average Bonchev–Trinajstić information content (AvgIpc) is 3.12. The van der Waals surface area contributed by atoms with Gasteiger partial charge >= 0.3 is 5.69 Å². The van der Waals surface area contributed by atoms with Crippen molar-refractivity contribution < 1.29 is 14.8 Å². The largest absolute Gasteiger partial charge is 0.502 e. The Morgan fingerprint density at radius 3 is 2.77 bits per heavy atom. The lowest BCUT2D eigenvalue weighted by Crippen LogP contribution is -1.93. The Hall–Kier alpha value is -3.46. The van der Waals surface area contributed by atoms with Crippen LogP contribution in [0.2, 0.25) is 0 Å². The zero-order valence-electron chi connectivity index (χ0n) is 13.6. The molecule has 0 unspecified atom stereocenters. The molecule has 0 atom stereocenters. The van der Waals surface area contributed by atoms with Gasteiger partial charge in [-0.25, -0.2) is 4.98 Å². The summed E-state index contributed by atoms with van der Waals surface area (Å²) in [6, 6.07) is 11.6. The van der Waals surface area contributed by atoms with Gasteiger partial charge in [-0.15, -0.1) is 11.3 Å². The number of nitro benzene ring substituents is 1. The van der Waals surface area contributed by atoms with Gasteiger partial charge in [-0.1, -0.05) is 0 Å². The van der Waals surface area contributed by atoms with Crippen LogP contribution >= 0.6 is 11.3 Å². The van der Waals surface area contributed by atoms with Gasteiger partial charge in [-0.3, -0.25) is 15.5 Å². The number of hydrogen-bond acceptors (Lipinski definition) is 8. The van der Waals surface area contributed by atoms with Crippen molar-refractivity contribution in [2.75, 3.05) is 12.5 Å². The van der Waals surface area contributed by atoms with E-state index in [1.54, 1.807) is 7.11 Å². The number of rotatable bonds is 6. The molecule has 9 heteroatoms. The van der Waals surface area contributed by atoms with Crippen LogP contribution in [0.15, 0.2) is 52.9 Å². The Kier molecular flexibility index (Phi) is 5.09.